The molecule has 0 radical (unpaired) electrons. The molecule has 0 bridgehead atoms. The number of aromatic nitrogens is 3. The lowest BCUT2D eigenvalue weighted by Gasteiger charge is -2.05. The lowest BCUT2D eigenvalue weighted by molar-refractivity contribution is -0.111. The van der Waals surface area contributed by atoms with Crippen LogP contribution in [0.4, 0.5) is 5.69 Å². The molecule has 3 aromatic rings. The maximum Gasteiger partial charge on any atom is 0.340 e. The molecule has 0 aliphatic heterocycles. The number of amides is 1. The SMILES string of the molecule is CCOC(=O)c1c(/C=C/C(=O)Nc2ccc(C(=O)c3nccn3C)cc2)c(C)n(CC)c1C. The minimum atomic E-state index is -0.404. The summed E-state index contributed by atoms with van der Waals surface area (Å²) >= 11 is 0. The van der Waals surface area contributed by atoms with Crippen molar-refractivity contribution >= 4 is 29.4 Å². The van der Waals surface area contributed by atoms with E-state index in [4.69, 9.17) is 4.74 Å². The number of carbonyl (C=O) groups is 3. The number of esters is 1. The number of hydrogen-bond donors (Lipinski definition) is 1. The zero-order valence-electron chi connectivity index (χ0n) is 19.5. The number of ketones is 1. The van der Waals surface area contributed by atoms with E-state index in [9.17, 15) is 14.4 Å². The smallest absolute Gasteiger partial charge is 0.340 e. The number of benzene rings is 1. The number of imidazole rings is 1. The minimum absolute atomic E-state index is 0.196. The number of ether oxygens (including phenoxy) is 1. The summed E-state index contributed by atoms with van der Waals surface area (Å²) in [5.74, 6) is -0.609. The predicted molar refractivity (Wildman–Crippen MR) is 126 cm³/mol. The van der Waals surface area contributed by atoms with Crippen LogP contribution < -0.4 is 5.32 Å². The van der Waals surface area contributed by atoms with Crippen molar-refractivity contribution in [2.24, 2.45) is 7.05 Å². The molecule has 33 heavy (non-hydrogen) atoms. The molecule has 8 heteroatoms. The lowest BCUT2D eigenvalue weighted by Crippen LogP contribution is -2.10. The number of nitrogens with zero attached hydrogens (tertiary/aromatic N) is 3. The van der Waals surface area contributed by atoms with E-state index in [0.29, 0.717) is 34.7 Å². The monoisotopic (exact) mass is 448 g/mol. The molecule has 0 spiro atoms. The van der Waals surface area contributed by atoms with Gasteiger partial charge in [-0.15, -0.1) is 0 Å². The Hall–Kier alpha value is -3.94. The highest BCUT2D eigenvalue weighted by atomic mass is 16.5. The second-order valence-electron chi connectivity index (χ2n) is 7.52. The van der Waals surface area contributed by atoms with Gasteiger partial charge < -0.3 is 19.2 Å². The maximum absolute atomic E-state index is 12.5. The summed E-state index contributed by atoms with van der Waals surface area (Å²) in [4.78, 5) is 41.6. The van der Waals surface area contributed by atoms with Gasteiger partial charge in [-0.2, -0.15) is 0 Å². The van der Waals surface area contributed by atoms with Crippen LogP contribution >= 0.6 is 0 Å². The first kappa shape index (κ1) is 23.7. The molecule has 172 valence electrons. The van der Waals surface area contributed by atoms with Gasteiger partial charge in [0.05, 0.1) is 12.2 Å². The molecule has 2 heterocycles. The highest BCUT2D eigenvalue weighted by Gasteiger charge is 2.22. The number of nitrogens with one attached hydrogen (secondary N) is 1. The van der Waals surface area contributed by atoms with Gasteiger partial charge in [0, 0.05) is 60.3 Å². The molecule has 0 fully saturated rings. The van der Waals surface area contributed by atoms with Crippen molar-refractivity contribution < 1.29 is 19.1 Å². The van der Waals surface area contributed by atoms with Crippen molar-refractivity contribution in [2.45, 2.75) is 34.2 Å². The average Bonchev–Trinajstić information content (AvgIpc) is 3.32. The third-order valence-corrected chi connectivity index (χ3v) is 5.47. The highest BCUT2D eigenvalue weighted by molar-refractivity contribution is 6.07. The summed E-state index contributed by atoms with van der Waals surface area (Å²) in [5, 5.41) is 2.77. The van der Waals surface area contributed by atoms with Gasteiger partial charge in [-0.25, -0.2) is 9.78 Å². The summed E-state index contributed by atoms with van der Waals surface area (Å²) < 4.78 is 8.88. The zero-order valence-corrected chi connectivity index (χ0v) is 19.5. The topological polar surface area (TPSA) is 95.2 Å². The van der Waals surface area contributed by atoms with E-state index in [1.807, 2.05) is 25.3 Å². The summed E-state index contributed by atoms with van der Waals surface area (Å²) in [6, 6.07) is 6.61. The predicted octanol–water partition coefficient (Wildman–Crippen LogP) is 3.92. The van der Waals surface area contributed by atoms with E-state index < -0.39 is 5.97 Å². The van der Waals surface area contributed by atoms with Gasteiger partial charge in [-0.1, -0.05) is 0 Å². The van der Waals surface area contributed by atoms with Crippen LogP contribution in [0.5, 0.6) is 0 Å². The number of anilines is 1. The van der Waals surface area contributed by atoms with E-state index in [2.05, 4.69) is 10.3 Å². The van der Waals surface area contributed by atoms with Crippen molar-refractivity contribution in [3.8, 4) is 0 Å². The summed E-state index contributed by atoms with van der Waals surface area (Å²) in [6.07, 6.45) is 6.30. The Morgan fingerprint density at radius 3 is 2.36 bits per heavy atom. The summed E-state index contributed by atoms with van der Waals surface area (Å²) in [6.45, 7) is 8.51. The molecular weight excluding hydrogens is 420 g/mol. The Labute approximate surface area is 192 Å². The van der Waals surface area contributed by atoms with E-state index >= 15 is 0 Å². The quantitative estimate of drug-likeness (QED) is 0.320. The Kier molecular flexibility index (Phi) is 7.27. The van der Waals surface area contributed by atoms with Crippen LogP contribution in [0.15, 0.2) is 42.7 Å². The van der Waals surface area contributed by atoms with Crippen molar-refractivity contribution in [3.63, 3.8) is 0 Å². The number of carbonyl (C=O) groups excluding carboxylic acids is 3. The van der Waals surface area contributed by atoms with Crippen LogP contribution in [0, 0.1) is 13.8 Å². The van der Waals surface area contributed by atoms with E-state index in [-0.39, 0.29) is 18.3 Å². The van der Waals surface area contributed by atoms with Crippen molar-refractivity contribution in [1.82, 2.24) is 14.1 Å². The molecule has 1 amide bonds. The molecule has 0 saturated carbocycles. The van der Waals surface area contributed by atoms with Crippen LogP contribution in [-0.2, 0) is 23.1 Å². The number of hydrogen-bond acceptors (Lipinski definition) is 5. The molecule has 0 unspecified atom stereocenters. The first-order chi connectivity index (χ1) is 15.8. The molecule has 0 aliphatic carbocycles. The van der Waals surface area contributed by atoms with Crippen LogP contribution in [0.25, 0.3) is 6.08 Å². The second-order valence-corrected chi connectivity index (χ2v) is 7.52. The first-order valence-electron chi connectivity index (χ1n) is 10.8. The molecule has 1 aromatic carbocycles. The fraction of sp³-hybridized carbons (Fsp3) is 0.280. The largest absolute Gasteiger partial charge is 0.462 e. The van der Waals surface area contributed by atoms with Gasteiger partial charge in [0.15, 0.2) is 5.82 Å². The van der Waals surface area contributed by atoms with Crippen molar-refractivity contribution in [1.29, 1.82) is 0 Å². The molecule has 1 N–H and O–H groups in total. The average molecular weight is 449 g/mol. The number of aryl methyl sites for hydroxylation is 1. The lowest BCUT2D eigenvalue weighted by atomic mass is 10.1. The third-order valence-electron chi connectivity index (χ3n) is 5.47. The Morgan fingerprint density at radius 1 is 1.09 bits per heavy atom. The molecule has 8 nitrogen and oxygen atoms in total. The van der Waals surface area contributed by atoms with Gasteiger partial charge >= 0.3 is 5.97 Å². The summed E-state index contributed by atoms with van der Waals surface area (Å²) in [5.41, 5.74) is 3.85. The first-order valence-corrected chi connectivity index (χ1v) is 10.8. The Bertz CT molecular complexity index is 1220. The van der Waals surface area contributed by atoms with E-state index in [0.717, 1.165) is 11.4 Å². The summed E-state index contributed by atoms with van der Waals surface area (Å²) in [7, 11) is 1.76. The Balaban J connectivity index is 1.76. The zero-order chi connectivity index (χ0) is 24.1. The molecule has 0 aliphatic rings. The highest BCUT2D eigenvalue weighted by Crippen LogP contribution is 2.25. The molecular formula is C25H28N4O4. The van der Waals surface area contributed by atoms with Gasteiger partial charge in [0.1, 0.15) is 0 Å². The van der Waals surface area contributed by atoms with E-state index in [1.54, 1.807) is 61.3 Å². The van der Waals surface area contributed by atoms with Gasteiger partial charge in [0.2, 0.25) is 11.7 Å². The van der Waals surface area contributed by atoms with Crippen molar-refractivity contribution in [3.05, 3.63) is 76.6 Å². The van der Waals surface area contributed by atoms with E-state index in [1.165, 1.54) is 6.08 Å². The van der Waals surface area contributed by atoms with Gasteiger partial charge in [-0.05, 0) is 58.0 Å². The maximum atomic E-state index is 12.5. The molecule has 3 rings (SSSR count). The normalized spacial score (nSPS) is 11.1. The third kappa shape index (κ3) is 4.95. The second kappa shape index (κ2) is 10.1. The van der Waals surface area contributed by atoms with Gasteiger partial charge in [-0.3, -0.25) is 9.59 Å². The van der Waals surface area contributed by atoms with Gasteiger partial charge in [0.25, 0.3) is 0 Å². The van der Waals surface area contributed by atoms with Crippen LogP contribution in [0.1, 0.15) is 57.3 Å². The van der Waals surface area contributed by atoms with Crippen LogP contribution in [0.2, 0.25) is 0 Å². The molecule has 2 aromatic heterocycles. The van der Waals surface area contributed by atoms with Crippen LogP contribution in [-0.4, -0.2) is 38.4 Å². The standard InChI is InChI=1S/C25H28N4O4/c1-6-29-16(3)20(22(17(29)4)25(32)33-7-2)12-13-21(30)27-19-10-8-18(9-11-19)23(31)24-26-14-15-28(24)5/h8-15H,6-7H2,1-5H3,(H,27,30)/b13-12+. The number of rotatable bonds is 8. The minimum Gasteiger partial charge on any atom is -0.462 e. The molecule has 0 atom stereocenters. The fourth-order valence-corrected chi connectivity index (χ4v) is 3.81. The van der Waals surface area contributed by atoms with Crippen LogP contribution in [0.3, 0.4) is 0 Å². The van der Waals surface area contributed by atoms with Crippen molar-refractivity contribution in [2.75, 3.05) is 11.9 Å². The Morgan fingerprint density at radius 2 is 1.79 bits per heavy atom. The molecule has 0 saturated heterocycles. The fourth-order valence-electron chi connectivity index (χ4n) is 3.81.